The van der Waals surface area contributed by atoms with E-state index >= 15 is 0 Å². The van der Waals surface area contributed by atoms with Crippen molar-refractivity contribution < 1.29 is 9.59 Å². The molecule has 31 heavy (non-hydrogen) atoms. The van der Waals surface area contributed by atoms with Crippen LogP contribution in [0.15, 0.2) is 48.5 Å². The van der Waals surface area contributed by atoms with Crippen molar-refractivity contribution in [2.45, 2.75) is 57.8 Å². The summed E-state index contributed by atoms with van der Waals surface area (Å²) in [6, 6.07) is 15.6. The summed E-state index contributed by atoms with van der Waals surface area (Å²) in [5, 5.41) is 3.55. The molecule has 2 aromatic rings. The molecule has 0 atom stereocenters. The first kappa shape index (κ1) is 23.5. The number of unbranched alkanes of at least 4 members (excludes halogenated alkanes) is 1. The number of amides is 1. The molecule has 0 radical (unpaired) electrons. The van der Waals surface area contributed by atoms with E-state index in [1.54, 1.807) is 12.1 Å². The van der Waals surface area contributed by atoms with E-state index in [-0.39, 0.29) is 11.7 Å². The monoisotopic (exact) mass is 440 g/mol. The number of anilines is 1. The molecule has 1 heterocycles. The Labute approximate surface area is 191 Å². The Balaban J connectivity index is 1.38. The van der Waals surface area contributed by atoms with Crippen LogP contribution in [-0.2, 0) is 4.79 Å². The number of rotatable bonds is 10. The summed E-state index contributed by atoms with van der Waals surface area (Å²) in [7, 11) is 0. The Hall–Kier alpha value is -2.17. The van der Waals surface area contributed by atoms with Gasteiger partial charge in [0, 0.05) is 24.1 Å². The maximum atomic E-state index is 12.3. The second kappa shape index (κ2) is 12.0. The fourth-order valence-corrected chi connectivity index (χ4v) is 4.49. The topological polar surface area (TPSA) is 49.4 Å². The lowest BCUT2D eigenvalue weighted by molar-refractivity contribution is -0.116. The molecule has 0 aromatic heterocycles. The number of piperidine rings is 1. The summed E-state index contributed by atoms with van der Waals surface area (Å²) < 4.78 is 0. The highest BCUT2D eigenvalue weighted by Crippen LogP contribution is 2.30. The number of ketones is 1. The molecule has 166 valence electrons. The van der Waals surface area contributed by atoms with Crippen LogP contribution in [0.25, 0.3) is 0 Å². The predicted octanol–water partition coefficient (Wildman–Crippen LogP) is 6.31. The number of hydrogen-bond acceptors (Lipinski definition) is 3. The highest BCUT2D eigenvalue weighted by molar-refractivity contribution is 6.33. The predicted molar refractivity (Wildman–Crippen MR) is 128 cm³/mol. The Morgan fingerprint density at radius 1 is 1.03 bits per heavy atom. The van der Waals surface area contributed by atoms with Gasteiger partial charge >= 0.3 is 0 Å². The average molecular weight is 441 g/mol. The summed E-state index contributed by atoms with van der Waals surface area (Å²) in [6.45, 7) is 5.21. The standard InChI is InChI=1S/C26H33ClN2O2/c1-2-8-26(31)28-22-10-7-9-21(19-22)20-14-17-29(18-15-20)16-6-5-13-25(30)23-11-3-4-12-24(23)27/h3-4,7,9-12,19-20H,2,5-6,8,13-18H2,1H3,(H,28,31). The Bertz CT molecular complexity index is 875. The van der Waals surface area contributed by atoms with E-state index in [0.717, 1.165) is 57.4 Å². The zero-order valence-electron chi connectivity index (χ0n) is 18.4. The molecule has 2 aromatic carbocycles. The third-order valence-electron chi connectivity index (χ3n) is 6.01. The SMILES string of the molecule is CCCC(=O)Nc1cccc(C2CCN(CCCCC(=O)c3ccccc3Cl)CC2)c1. The Kier molecular flexibility index (Phi) is 9.11. The summed E-state index contributed by atoms with van der Waals surface area (Å²) in [5.41, 5.74) is 2.86. The first-order valence-corrected chi connectivity index (χ1v) is 11.8. The molecule has 0 bridgehead atoms. The smallest absolute Gasteiger partial charge is 0.224 e. The van der Waals surface area contributed by atoms with Crippen LogP contribution in [0.3, 0.4) is 0 Å². The lowest BCUT2D eigenvalue weighted by Crippen LogP contribution is -2.33. The van der Waals surface area contributed by atoms with Crippen molar-refractivity contribution in [3.05, 3.63) is 64.7 Å². The molecular weight excluding hydrogens is 408 g/mol. The van der Waals surface area contributed by atoms with Gasteiger partial charge in [-0.15, -0.1) is 0 Å². The summed E-state index contributed by atoms with van der Waals surface area (Å²) in [6.07, 6.45) is 6.15. The molecule has 1 saturated heterocycles. The van der Waals surface area contributed by atoms with Crippen LogP contribution in [0, 0.1) is 0 Å². The summed E-state index contributed by atoms with van der Waals surface area (Å²) in [5.74, 6) is 0.763. The summed E-state index contributed by atoms with van der Waals surface area (Å²) in [4.78, 5) is 26.7. The zero-order valence-corrected chi connectivity index (χ0v) is 19.2. The Morgan fingerprint density at radius 3 is 2.55 bits per heavy atom. The third kappa shape index (κ3) is 7.19. The average Bonchev–Trinajstić information content (AvgIpc) is 2.77. The molecule has 5 heteroatoms. The number of hydrogen-bond donors (Lipinski definition) is 1. The minimum absolute atomic E-state index is 0.0856. The first-order chi connectivity index (χ1) is 15.1. The van der Waals surface area contributed by atoms with E-state index < -0.39 is 0 Å². The minimum atomic E-state index is 0.0856. The number of halogens is 1. The van der Waals surface area contributed by atoms with Crippen LogP contribution in [0.1, 0.15) is 73.7 Å². The molecule has 1 aliphatic rings. The minimum Gasteiger partial charge on any atom is -0.326 e. The number of nitrogens with one attached hydrogen (secondary N) is 1. The molecule has 0 unspecified atom stereocenters. The van der Waals surface area contributed by atoms with Crippen LogP contribution < -0.4 is 5.32 Å². The van der Waals surface area contributed by atoms with Gasteiger partial charge in [0.2, 0.25) is 5.91 Å². The van der Waals surface area contributed by atoms with Gasteiger partial charge in [0.15, 0.2) is 5.78 Å². The van der Waals surface area contributed by atoms with Gasteiger partial charge in [0.05, 0.1) is 5.02 Å². The van der Waals surface area contributed by atoms with Crippen LogP contribution in [0.4, 0.5) is 5.69 Å². The van der Waals surface area contributed by atoms with Gasteiger partial charge in [-0.2, -0.15) is 0 Å². The van der Waals surface area contributed by atoms with Gasteiger partial charge in [-0.05, 0) is 87.5 Å². The molecule has 0 aliphatic carbocycles. The van der Waals surface area contributed by atoms with Gasteiger partial charge in [0.25, 0.3) is 0 Å². The van der Waals surface area contributed by atoms with Crippen molar-refractivity contribution >= 4 is 29.0 Å². The highest BCUT2D eigenvalue weighted by atomic mass is 35.5. The van der Waals surface area contributed by atoms with Crippen LogP contribution in [0.2, 0.25) is 5.02 Å². The van der Waals surface area contributed by atoms with Crippen LogP contribution in [0.5, 0.6) is 0 Å². The third-order valence-corrected chi connectivity index (χ3v) is 6.34. The number of benzene rings is 2. The van der Waals surface area contributed by atoms with Crippen molar-refractivity contribution in [2.24, 2.45) is 0 Å². The number of Topliss-reactive ketones (excluding diaryl/α,β-unsaturated/α-hetero) is 1. The number of nitrogens with zero attached hydrogens (tertiary/aromatic N) is 1. The van der Waals surface area contributed by atoms with Crippen LogP contribution in [-0.4, -0.2) is 36.2 Å². The van der Waals surface area contributed by atoms with Gasteiger partial charge in [-0.25, -0.2) is 0 Å². The van der Waals surface area contributed by atoms with Crippen molar-refractivity contribution in [2.75, 3.05) is 25.0 Å². The molecule has 1 N–H and O–H groups in total. The van der Waals surface area contributed by atoms with Crippen molar-refractivity contribution in [3.63, 3.8) is 0 Å². The largest absolute Gasteiger partial charge is 0.326 e. The number of carbonyl (C=O) groups is 2. The molecule has 0 saturated carbocycles. The molecule has 1 fully saturated rings. The normalized spacial score (nSPS) is 15.0. The van der Waals surface area contributed by atoms with Gasteiger partial charge in [-0.3, -0.25) is 9.59 Å². The maximum Gasteiger partial charge on any atom is 0.224 e. The lowest BCUT2D eigenvalue weighted by atomic mass is 9.89. The quantitative estimate of drug-likeness (QED) is 0.347. The highest BCUT2D eigenvalue weighted by Gasteiger charge is 2.20. The molecule has 1 aliphatic heterocycles. The zero-order chi connectivity index (χ0) is 22.1. The molecule has 1 amide bonds. The molecular formula is C26H33ClN2O2. The van der Waals surface area contributed by atoms with Crippen molar-refractivity contribution in [1.82, 2.24) is 4.90 Å². The molecule has 4 nitrogen and oxygen atoms in total. The van der Waals surface area contributed by atoms with Crippen molar-refractivity contribution in [1.29, 1.82) is 0 Å². The van der Waals surface area contributed by atoms with Gasteiger partial charge in [0.1, 0.15) is 0 Å². The second-order valence-electron chi connectivity index (χ2n) is 8.40. The lowest BCUT2D eigenvalue weighted by Gasteiger charge is -2.32. The van der Waals surface area contributed by atoms with Crippen LogP contribution >= 0.6 is 11.6 Å². The van der Waals surface area contributed by atoms with Gasteiger partial charge < -0.3 is 10.2 Å². The van der Waals surface area contributed by atoms with E-state index in [9.17, 15) is 9.59 Å². The van der Waals surface area contributed by atoms with E-state index in [1.165, 1.54) is 5.56 Å². The molecule has 0 spiro atoms. The molecule has 3 rings (SSSR count). The van der Waals surface area contributed by atoms with Crippen molar-refractivity contribution in [3.8, 4) is 0 Å². The fourth-order valence-electron chi connectivity index (χ4n) is 4.25. The van der Waals surface area contributed by atoms with E-state index in [1.807, 2.05) is 31.2 Å². The fraction of sp³-hybridized carbons (Fsp3) is 0.462. The first-order valence-electron chi connectivity index (χ1n) is 11.5. The number of likely N-dealkylation sites (tertiary alicyclic amines) is 1. The van der Waals surface area contributed by atoms with Gasteiger partial charge in [-0.1, -0.05) is 42.8 Å². The van der Waals surface area contributed by atoms with E-state index in [2.05, 4.69) is 22.3 Å². The van der Waals surface area contributed by atoms with E-state index in [4.69, 9.17) is 11.6 Å². The maximum absolute atomic E-state index is 12.3. The second-order valence-corrected chi connectivity index (χ2v) is 8.81. The summed E-state index contributed by atoms with van der Waals surface area (Å²) >= 11 is 6.12. The number of carbonyl (C=O) groups excluding carboxylic acids is 2. The van der Waals surface area contributed by atoms with E-state index in [0.29, 0.717) is 29.3 Å². The Morgan fingerprint density at radius 2 is 1.81 bits per heavy atom.